The molecule has 0 saturated carbocycles. The molecule has 0 amide bonds. The summed E-state index contributed by atoms with van der Waals surface area (Å²) in [6, 6.07) is 11.1. The highest BCUT2D eigenvalue weighted by molar-refractivity contribution is 5.16. The first kappa shape index (κ1) is 16.5. The van der Waals surface area contributed by atoms with Gasteiger partial charge in [-0.3, -0.25) is 0 Å². The highest BCUT2D eigenvalue weighted by atomic mass is 16.3. The number of nitrogens with zero attached hydrogens (tertiary/aromatic N) is 1. The zero-order chi connectivity index (χ0) is 15.1. The summed E-state index contributed by atoms with van der Waals surface area (Å²) in [5.41, 5.74) is 1.29. The first-order valence-electron chi connectivity index (χ1n) is 8.36. The molecule has 2 N–H and O–H groups in total. The molecule has 1 aliphatic rings. The number of piperidine rings is 1. The first-order valence-corrected chi connectivity index (χ1v) is 8.36. The van der Waals surface area contributed by atoms with Crippen molar-refractivity contribution in [2.24, 2.45) is 5.92 Å². The Morgan fingerprint density at radius 2 is 1.90 bits per heavy atom. The topological polar surface area (TPSA) is 35.5 Å². The molecule has 1 saturated heterocycles. The van der Waals surface area contributed by atoms with E-state index in [9.17, 15) is 5.11 Å². The predicted octanol–water partition coefficient (Wildman–Crippen LogP) is 2.30. The summed E-state index contributed by atoms with van der Waals surface area (Å²) >= 11 is 0. The van der Waals surface area contributed by atoms with E-state index in [1.807, 2.05) is 6.07 Å². The van der Waals surface area contributed by atoms with Crippen molar-refractivity contribution in [3.8, 4) is 0 Å². The summed E-state index contributed by atoms with van der Waals surface area (Å²) in [6.07, 6.45) is 3.44. The smallest absolute Gasteiger partial charge is 0.0587 e. The van der Waals surface area contributed by atoms with Gasteiger partial charge in [-0.2, -0.15) is 0 Å². The Hall–Kier alpha value is -0.900. The zero-order valence-electron chi connectivity index (χ0n) is 13.5. The van der Waals surface area contributed by atoms with E-state index in [0.717, 1.165) is 12.3 Å². The van der Waals surface area contributed by atoms with Crippen molar-refractivity contribution in [1.29, 1.82) is 0 Å². The van der Waals surface area contributed by atoms with Gasteiger partial charge in [-0.15, -0.1) is 0 Å². The van der Waals surface area contributed by atoms with Gasteiger partial charge in [0.15, 0.2) is 0 Å². The summed E-state index contributed by atoms with van der Waals surface area (Å²) < 4.78 is 0. The maximum absolute atomic E-state index is 9.64. The number of aliphatic hydroxyl groups excluding tert-OH is 1. The van der Waals surface area contributed by atoms with Crippen LogP contribution in [-0.4, -0.2) is 48.3 Å². The molecule has 1 fully saturated rings. The fraction of sp³-hybridized carbons (Fsp3) is 0.667. The summed E-state index contributed by atoms with van der Waals surface area (Å²) in [5.74, 6) is 0.734. The third-order valence-electron chi connectivity index (χ3n) is 4.83. The molecule has 3 heteroatoms. The number of aliphatic hydroxyl groups is 1. The van der Waals surface area contributed by atoms with Crippen LogP contribution in [0.3, 0.4) is 0 Å². The van der Waals surface area contributed by atoms with Gasteiger partial charge in [-0.1, -0.05) is 37.3 Å². The molecule has 1 aromatic rings. The number of likely N-dealkylation sites (tertiary alicyclic amines) is 1. The van der Waals surface area contributed by atoms with Gasteiger partial charge in [0.2, 0.25) is 0 Å². The minimum atomic E-state index is 0.159. The standard InChI is InChI=1S/C18H30N2O/c1-3-20-11-9-17(10-12-20)15(2)19-18(14-21)13-16-7-5-4-6-8-16/h4-8,15,17-19,21H,3,9-14H2,1-2H3/t15?,18-/m0/s1. The van der Waals surface area contributed by atoms with Crippen molar-refractivity contribution >= 4 is 0 Å². The average Bonchev–Trinajstić information content (AvgIpc) is 2.55. The third kappa shape index (κ3) is 5.10. The van der Waals surface area contributed by atoms with E-state index in [4.69, 9.17) is 0 Å². The van der Waals surface area contributed by atoms with Gasteiger partial charge in [0.05, 0.1) is 6.61 Å². The van der Waals surface area contributed by atoms with Gasteiger partial charge in [0.1, 0.15) is 0 Å². The van der Waals surface area contributed by atoms with Crippen LogP contribution in [0.2, 0.25) is 0 Å². The van der Waals surface area contributed by atoms with E-state index < -0.39 is 0 Å². The maximum Gasteiger partial charge on any atom is 0.0587 e. The molecule has 1 heterocycles. The number of rotatable bonds is 7. The van der Waals surface area contributed by atoms with Crippen molar-refractivity contribution in [2.45, 2.75) is 45.2 Å². The highest BCUT2D eigenvalue weighted by Gasteiger charge is 2.24. The lowest BCUT2D eigenvalue weighted by molar-refractivity contribution is 0.153. The van der Waals surface area contributed by atoms with Gasteiger partial charge in [0, 0.05) is 12.1 Å². The predicted molar refractivity (Wildman–Crippen MR) is 88.5 cm³/mol. The highest BCUT2D eigenvalue weighted by Crippen LogP contribution is 2.21. The molecule has 1 aliphatic heterocycles. The maximum atomic E-state index is 9.64. The molecule has 1 unspecified atom stereocenters. The molecule has 0 radical (unpaired) electrons. The second-order valence-corrected chi connectivity index (χ2v) is 6.30. The van der Waals surface area contributed by atoms with Gasteiger partial charge < -0.3 is 15.3 Å². The van der Waals surface area contributed by atoms with E-state index in [1.54, 1.807) is 0 Å². The van der Waals surface area contributed by atoms with Crippen LogP contribution < -0.4 is 5.32 Å². The molecule has 0 spiro atoms. The lowest BCUT2D eigenvalue weighted by atomic mass is 9.89. The largest absolute Gasteiger partial charge is 0.395 e. The van der Waals surface area contributed by atoms with E-state index in [2.05, 4.69) is 48.3 Å². The van der Waals surface area contributed by atoms with Crippen molar-refractivity contribution in [3.05, 3.63) is 35.9 Å². The summed E-state index contributed by atoms with van der Waals surface area (Å²) in [7, 11) is 0. The van der Waals surface area contributed by atoms with E-state index in [0.29, 0.717) is 6.04 Å². The molecule has 2 rings (SSSR count). The monoisotopic (exact) mass is 290 g/mol. The first-order chi connectivity index (χ1) is 10.2. The Labute approximate surface area is 129 Å². The van der Waals surface area contributed by atoms with E-state index >= 15 is 0 Å². The molecule has 0 aliphatic carbocycles. The number of hydrogen-bond donors (Lipinski definition) is 2. The molecule has 0 bridgehead atoms. The summed E-state index contributed by atoms with van der Waals surface area (Å²) in [6.45, 7) is 8.32. The fourth-order valence-corrected chi connectivity index (χ4v) is 3.35. The summed E-state index contributed by atoms with van der Waals surface area (Å²) in [5, 5.41) is 13.3. The number of hydrogen-bond acceptors (Lipinski definition) is 3. The van der Waals surface area contributed by atoms with Crippen LogP contribution >= 0.6 is 0 Å². The van der Waals surface area contributed by atoms with Crippen molar-refractivity contribution in [2.75, 3.05) is 26.2 Å². The Morgan fingerprint density at radius 3 is 2.48 bits per heavy atom. The molecule has 0 aromatic heterocycles. The Balaban J connectivity index is 1.81. The third-order valence-corrected chi connectivity index (χ3v) is 4.83. The van der Waals surface area contributed by atoms with Crippen molar-refractivity contribution < 1.29 is 5.11 Å². The fourth-order valence-electron chi connectivity index (χ4n) is 3.35. The van der Waals surface area contributed by atoms with Crippen molar-refractivity contribution in [1.82, 2.24) is 10.2 Å². The minimum Gasteiger partial charge on any atom is -0.395 e. The van der Waals surface area contributed by atoms with E-state index in [1.165, 1.54) is 38.0 Å². The number of benzene rings is 1. The normalized spacial score (nSPS) is 20.3. The quantitative estimate of drug-likeness (QED) is 0.809. The van der Waals surface area contributed by atoms with Crippen LogP contribution in [0.15, 0.2) is 30.3 Å². The van der Waals surface area contributed by atoms with Crippen LogP contribution in [0.4, 0.5) is 0 Å². The van der Waals surface area contributed by atoms with Gasteiger partial charge in [-0.05, 0) is 57.3 Å². The number of nitrogens with one attached hydrogen (secondary N) is 1. The molecule has 2 atom stereocenters. The Morgan fingerprint density at radius 1 is 1.24 bits per heavy atom. The lowest BCUT2D eigenvalue weighted by Crippen LogP contribution is -2.47. The minimum absolute atomic E-state index is 0.159. The molecule has 3 nitrogen and oxygen atoms in total. The van der Waals surface area contributed by atoms with Crippen molar-refractivity contribution in [3.63, 3.8) is 0 Å². The van der Waals surface area contributed by atoms with Gasteiger partial charge in [-0.25, -0.2) is 0 Å². The van der Waals surface area contributed by atoms with Crippen LogP contribution in [-0.2, 0) is 6.42 Å². The molecular weight excluding hydrogens is 260 g/mol. The summed E-state index contributed by atoms with van der Waals surface area (Å²) in [4.78, 5) is 2.52. The second-order valence-electron chi connectivity index (χ2n) is 6.30. The Bertz CT molecular complexity index is 387. The second kappa shape index (κ2) is 8.52. The Kier molecular flexibility index (Phi) is 6.68. The SMILES string of the molecule is CCN1CCC(C(C)N[C@H](CO)Cc2ccccc2)CC1. The van der Waals surface area contributed by atoms with Crippen LogP contribution in [0.25, 0.3) is 0 Å². The van der Waals surface area contributed by atoms with Crippen LogP contribution in [0, 0.1) is 5.92 Å². The molecular formula is C18H30N2O. The lowest BCUT2D eigenvalue weighted by Gasteiger charge is -2.36. The average molecular weight is 290 g/mol. The van der Waals surface area contributed by atoms with E-state index in [-0.39, 0.29) is 12.6 Å². The molecule has 118 valence electrons. The van der Waals surface area contributed by atoms with Crippen LogP contribution in [0.1, 0.15) is 32.3 Å². The molecule has 21 heavy (non-hydrogen) atoms. The molecule has 1 aromatic carbocycles. The van der Waals surface area contributed by atoms with Crippen LogP contribution in [0.5, 0.6) is 0 Å². The zero-order valence-corrected chi connectivity index (χ0v) is 13.5. The van der Waals surface area contributed by atoms with Gasteiger partial charge >= 0.3 is 0 Å². The van der Waals surface area contributed by atoms with Gasteiger partial charge in [0.25, 0.3) is 0 Å².